The van der Waals surface area contributed by atoms with Crippen LogP contribution in [0.2, 0.25) is 0 Å². The molecule has 0 bridgehead atoms. The molecule has 1 aliphatic rings. The van der Waals surface area contributed by atoms with E-state index in [1.165, 1.54) is 25.9 Å². The zero-order valence-corrected chi connectivity index (χ0v) is 12.5. The lowest BCUT2D eigenvalue weighted by Crippen LogP contribution is -2.43. The molecule has 1 heterocycles. The Morgan fingerprint density at radius 2 is 2.19 bits per heavy atom. The zero-order chi connectivity index (χ0) is 12.0. The smallest absolute Gasteiger partial charge is 0.0702 e. The minimum atomic E-state index is 0.474. The minimum absolute atomic E-state index is 0.474. The third-order valence-electron chi connectivity index (χ3n) is 3.50. The Labute approximate surface area is 109 Å². The van der Waals surface area contributed by atoms with Crippen LogP contribution in [0.25, 0.3) is 0 Å². The van der Waals surface area contributed by atoms with Gasteiger partial charge in [-0.2, -0.15) is 0 Å². The Kier molecular flexibility index (Phi) is 6.94. The summed E-state index contributed by atoms with van der Waals surface area (Å²) in [7, 11) is 0. The van der Waals surface area contributed by atoms with Gasteiger partial charge in [0, 0.05) is 25.0 Å². The number of hydrogen-bond acceptors (Lipinski definition) is 2. The molecule has 2 atom stereocenters. The van der Waals surface area contributed by atoms with Crippen LogP contribution in [0, 0.1) is 11.8 Å². The van der Waals surface area contributed by atoms with E-state index in [-0.39, 0.29) is 0 Å². The first-order valence-corrected chi connectivity index (χ1v) is 7.69. The Hall–Kier alpha value is 0.400. The first kappa shape index (κ1) is 14.5. The predicted octanol–water partition coefficient (Wildman–Crippen LogP) is 3.15. The summed E-state index contributed by atoms with van der Waals surface area (Å²) in [6.07, 6.45) is 3.00. The number of hydrogen-bond donors (Lipinski definition) is 0. The summed E-state index contributed by atoms with van der Waals surface area (Å²) >= 11 is 3.63. The molecule has 0 aromatic rings. The van der Waals surface area contributed by atoms with Crippen molar-refractivity contribution in [2.75, 3.05) is 31.6 Å². The van der Waals surface area contributed by atoms with Gasteiger partial charge in [-0.25, -0.2) is 0 Å². The maximum atomic E-state index is 5.74. The van der Waals surface area contributed by atoms with Crippen LogP contribution in [0.5, 0.6) is 0 Å². The lowest BCUT2D eigenvalue weighted by molar-refractivity contribution is 0.00102. The van der Waals surface area contributed by atoms with E-state index in [2.05, 4.69) is 41.6 Å². The highest BCUT2D eigenvalue weighted by molar-refractivity contribution is 9.09. The monoisotopic (exact) mass is 291 g/mol. The van der Waals surface area contributed by atoms with Crippen LogP contribution in [0.3, 0.4) is 0 Å². The quantitative estimate of drug-likeness (QED) is 0.697. The summed E-state index contributed by atoms with van der Waals surface area (Å²) in [5, 5.41) is 1.11. The molecule has 0 amide bonds. The molecule has 1 saturated heterocycles. The first-order chi connectivity index (χ1) is 7.67. The van der Waals surface area contributed by atoms with Gasteiger partial charge in [0.2, 0.25) is 0 Å². The van der Waals surface area contributed by atoms with E-state index < -0.39 is 0 Å². The highest BCUT2D eigenvalue weighted by Crippen LogP contribution is 2.19. The molecule has 0 aliphatic carbocycles. The van der Waals surface area contributed by atoms with Gasteiger partial charge in [-0.1, -0.05) is 29.8 Å². The molecule has 0 aromatic heterocycles. The summed E-state index contributed by atoms with van der Waals surface area (Å²) in [4.78, 5) is 2.58. The Balaban J connectivity index is 2.35. The lowest BCUT2D eigenvalue weighted by atomic mass is 9.96. The molecule has 2 unspecified atom stereocenters. The fourth-order valence-electron chi connectivity index (χ4n) is 2.32. The van der Waals surface area contributed by atoms with Gasteiger partial charge in [-0.3, -0.25) is 0 Å². The second-order valence-electron chi connectivity index (χ2n) is 5.14. The van der Waals surface area contributed by atoms with Crippen LogP contribution in [0.15, 0.2) is 0 Å². The normalized spacial score (nSPS) is 24.9. The Morgan fingerprint density at radius 1 is 1.44 bits per heavy atom. The van der Waals surface area contributed by atoms with E-state index in [1.807, 2.05) is 0 Å². The molecule has 96 valence electrons. The van der Waals surface area contributed by atoms with Crippen molar-refractivity contribution in [3.05, 3.63) is 0 Å². The third kappa shape index (κ3) is 4.72. The van der Waals surface area contributed by atoms with E-state index in [9.17, 15) is 0 Å². The summed E-state index contributed by atoms with van der Waals surface area (Å²) in [5.41, 5.74) is 0. The average molecular weight is 292 g/mol. The molecule has 0 N–H and O–H groups in total. The maximum Gasteiger partial charge on any atom is 0.0702 e. The lowest BCUT2D eigenvalue weighted by Gasteiger charge is -2.35. The van der Waals surface area contributed by atoms with Crippen LogP contribution >= 0.6 is 15.9 Å². The van der Waals surface area contributed by atoms with E-state index in [0.717, 1.165) is 30.3 Å². The van der Waals surface area contributed by atoms with Gasteiger partial charge in [0.25, 0.3) is 0 Å². The third-order valence-corrected chi connectivity index (χ3v) is 4.33. The Morgan fingerprint density at radius 3 is 2.75 bits per heavy atom. The van der Waals surface area contributed by atoms with Crippen molar-refractivity contribution in [1.82, 2.24) is 4.90 Å². The number of likely N-dealkylation sites (tertiary alicyclic amines) is 1. The van der Waals surface area contributed by atoms with Crippen molar-refractivity contribution < 1.29 is 4.74 Å². The van der Waals surface area contributed by atoms with Crippen molar-refractivity contribution in [2.45, 2.75) is 39.7 Å². The van der Waals surface area contributed by atoms with Crippen LogP contribution in [0.4, 0.5) is 0 Å². The molecule has 1 fully saturated rings. The maximum absolute atomic E-state index is 5.74. The highest BCUT2D eigenvalue weighted by Gasteiger charge is 2.23. The van der Waals surface area contributed by atoms with Gasteiger partial charge in [-0.05, 0) is 38.1 Å². The second kappa shape index (κ2) is 7.67. The van der Waals surface area contributed by atoms with Crippen LogP contribution in [-0.2, 0) is 4.74 Å². The topological polar surface area (TPSA) is 12.5 Å². The van der Waals surface area contributed by atoms with Gasteiger partial charge in [-0.15, -0.1) is 0 Å². The summed E-state index contributed by atoms with van der Waals surface area (Å²) in [5.74, 6) is 1.52. The van der Waals surface area contributed by atoms with E-state index in [1.54, 1.807) is 0 Å². The number of halogens is 1. The standard InChI is InChI=1S/C13H26BrNO/c1-4-16-13-6-5-7-15(10-13)9-12(8-14)11(2)3/h11-13H,4-10H2,1-3H3. The number of ether oxygens (including phenoxy) is 1. The summed E-state index contributed by atoms with van der Waals surface area (Å²) in [6.45, 7) is 11.2. The molecular formula is C13H26BrNO. The molecular weight excluding hydrogens is 266 g/mol. The fraction of sp³-hybridized carbons (Fsp3) is 1.00. The fourth-order valence-corrected chi connectivity index (χ4v) is 3.27. The van der Waals surface area contributed by atoms with Crippen molar-refractivity contribution >= 4 is 15.9 Å². The zero-order valence-electron chi connectivity index (χ0n) is 10.9. The van der Waals surface area contributed by atoms with Crippen LogP contribution in [-0.4, -0.2) is 42.6 Å². The first-order valence-electron chi connectivity index (χ1n) is 6.57. The molecule has 3 heteroatoms. The molecule has 0 spiro atoms. The predicted molar refractivity (Wildman–Crippen MR) is 73.2 cm³/mol. The summed E-state index contributed by atoms with van der Waals surface area (Å²) in [6, 6.07) is 0. The molecule has 0 saturated carbocycles. The van der Waals surface area contributed by atoms with E-state index in [0.29, 0.717) is 6.10 Å². The molecule has 1 aliphatic heterocycles. The second-order valence-corrected chi connectivity index (χ2v) is 5.79. The van der Waals surface area contributed by atoms with Crippen molar-refractivity contribution in [1.29, 1.82) is 0 Å². The number of nitrogens with zero attached hydrogens (tertiary/aromatic N) is 1. The largest absolute Gasteiger partial charge is 0.377 e. The van der Waals surface area contributed by atoms with Crippen molar-refractivity contribution in [3.8, 4) is 0 Å². The summed E-state index contributed by atoms with van der Waals surface area (Å²) < 4.78 is 5.74. The number of rotatable bonds is 6. The molecule has 1 rings (SSSR count). The van der Waals surface area contributed by atoms with Gasteiger partial charge >= 0.3 is 0 Å². The van der Waals surface area contributed by atoms with Gasteiger partial charge in [0.1, 0.15) is 0 Å². The SMILES string of the molecule is CCOC1CCCN(CC(CBr)C(C)C)C1. The minimum Gasteiger partial charge on any atom is -0.377 e. The van der Waals surface area contributed by atoms with Crippen molar-refractivity contribution in [3.63, 3.8) is 0 Å². The van der Waals surface area contributed by atoms with Gasteiger partial charge in [0.15, 0.2) is 0 Å². The average Bonchev–Trinajstić information content (AvgIpc) is 2.26. The molecule has 0 aromatic carbocycles. The highest BCUT2D eigenvalue weighted by atomic mass is 79.9. The van der Waals surface area contributed by atoms with Gasteiger partial charge in [0.05, 0.1) is 6.10 Å². The number of alkyl halides is 1. The van der Waals surface area contributed by atoms with Crippen molar-refractivity contribution in [2.24, 2.45) is 11.8 Å². The Bertz CT molecular complexity index is 185. The molecule has 16 heavy (non-hydrogen) atoms. The molecule has 0 radical (unpaired) electrons. The van der Waals surface area contributed by atoms with Crippen LogP contribution < -0.4 is 0 Å². The number of piperidine rings is 1. The van der Waals surface area contributed by atoms with Crippen LogP contribution in [0.1, 0.15) is 33.6 Å². The van der Waals surface area contributed by atoms with Gasteiger partial charge < -0.3 is 9.64 Å². The van der Waals surface area contributed by atoms with E-state index >= 15 is 0 Å². The molecule has 2 nitrogen and oxygen atoms in total. The van der Waals surface area contributed by atoms with E-state index in [4.69, 9.17) is 4.74 Å².